The van der Waals surface area contributed by atoms with Crippen molar-refractivity contribution in [3.05, 3.63) is 36.2 Å². The predicted molar refractivity (Wildman–Crippen MR) is 85.2 cm³/mol. The maximum absolute atomic E-state index is 12.9. The third-order valence-corrected chi connectivity index (χ3v) is 4.38. The Hall–Kier alpha value is -2.32. The number of benzene rings is 1. The van der Waals surface area contributed by atoms with Crippen LogP contribution < -0.4 is 4.74 Å². The van der Waals surface area contributed by atoms with Crippen molar-refractivity contribution in [1.82, 2.24) is 14.6 Å². The Morgan fingerprint density at radius 2 is 1.77 bits per heavy atom. The van der Waals surface area contributed by atoms with Crippen molar-refractivity contribution in [2.45, 2.75) is 38.5 Å². The first kappa shape index (κ1) is 18.5. The number of alkyl halides is 5. The van der Waals surface area contributed by atoms with Crippen molar-refractivity contribution in [3.8, 4) is 11.4 Å². The minimum atomic E-state index is -5.77. The maximum atomic E-state index is 12.9. The lowest BCUT2D eigenvalue weighted by Crippen LogP contribution is -2.41. The van der Waals surface area contributed by atoms with Gasteiger partial charge in [0.2, 0.25) is 0 Å². The summed E-state index contributed by atoms with van der Waals surface area (Å²) >= 11 is 0. The van der Waals surface area contributed by atoms with Gasteiger partial charge in [-0.15, -0.1) is 5.10 Å². The third kappa shape index (κ3) is 3.47. The van der Waals surface area contributed by atoms with Crippen molar-refractivity contribution in [2.75, 3.05) is 0 Å². The van der Waals surface area contributed by atoms with Crippen LogP contribution in [-0.2, 0) is 7.05 Å². The number of aromatic nitrogens is 3. The number of hydrogen-bond donors (Lipinski definition) is 0. The summed E-state index contributed by atoms with van der Waals surface area (Å²) in [5, 5.41) is 4.40. The molecule has 3 rings (SSSR count). The minimum Gasteiger partial charge on any atom is -0.426 e. The predicted octanol–water partition coefficient (Wildman–Crippen LogP) is 4.95. The molecule has 1 aromatic carbocycles. The van der Waals surface area contributed by atoms with Crippen LogP contribution >= 0.6 is 0 Å². The van der Waals surface area contributed by atoms with Crippen molar-refractivity contribution in [2.24, 2.45) is 13.0 Å². The second kappa shape index (κ2) is 6.44. The monoisotopic (exact) mass is 375 g/mol. The molecule has 4 nitrogen and oxygen atoms in total. The summed E-state index contributed by atoms with van der Waals surface area (Å²) in [6.07, 6.45) is -5.81. The van der Waals surface area contributed by atoms with Crippen LogP contribution in [0.1, 0.15) is 32.0 Å². The molecule has 0 aliphatic heterocycles. The Balaban J connectivity index is 1.73. The molecule has 1 aromatic heterocycles. The molecule has 0 N–H and O–H groups in total. The quantitative estimate of drug-likeness (QED) is 0.709. The summed E-state index contributed by atoms with van der Waals surface area (Å²) in [6.45, 7) is 2.19. The van der Waals surface area contributed by atoms with Gasteiger partial charge in [0.25, 0.3) is 0 Å². The fourth-order valence-electron chi connectivity index (χ4n) is 2.80. The summed E-state index contributed by atoms with van der Waals surface area (Å²) in [4.78, 5) is 1.54. The summed E-state index contributed by atoms with van der Waals surface area (Å²) in [5.41, 5.74) is 1.69. The van der Waals surface area contributed by atoms with Gasteiger partial charge in [0.15, 0.2) is 5.82 Å². The lowest BCUT2D eigenvalue weighted by atomic mass is 9.91. The van der Waals surface area contributed by atoms with Gasteiger partial charge in [0.05, 0.1) is 5.69 Å². The normalized spacial score (nSPS) is 18.7. The van der Waals surface area contributed by atoms with E-state index in [1.54, 1.807) is 4.80 Å². The highest BCUT2D eigenvalue weighted by molar-refractivity contribution is 5.61. The van der Waals surface area contributed by atoms with E-state index in [2.05, 4.69) is 22.8 Å². The van der Waals surface area contributed by atoms with E-state index in [0.29, 0.717) is 11.6 Å². The zero-order valence-electron chi connectivity index (χ0n) is 14.2. The molecule has 0 radical (unpaired) electrons. The molecule has 9 heteroatoms. The average molecular weight is 375 g/mol. The number of allylic oxidation sites excluding steroid dienone is 2. The van der Waals surface area contributed by atoms with Gasteiger partial charge in [-0.1, -0.05) is 13.0 Å². The third-order valence-electron chi connectivity index (χ3n) is 4.38. The Morgan fingerprint density at radius 3 is 2.27 bits per heavy atom. The fraction of sp³-hybridized carbons (Fsp3) is 0.471. The molecule has 0 saturated heterocycles. The molecule has 1 unspecified atom stereocenters. The van der Waals surface area contributed by atoms with Crippen LogP contribution in [0.25, 0.3) is 11.3 Å². The van der Waals surface area contributed by atoms with E-state index in [1.165, 1.54) is 12.1 Å². The summed E-state index contributed by atoms with van der Waals surface area (Å²) in [6, 6.07) is 4.85. The number of rotatable bonds is 4. The molecular formula is C17H18F5N3O. The molecule has 1 aliphatic rings. The fourth-order valence-corrected chi connectivity index (χ4v) is 2.80. The molecule has 1 heterocycles. The highest BCUT2D eigenvalue weighted by atomic mass is 19.4. The largest absolute Gasteiger partial charge is 0.499 e. The van der Waals surface area contributed by atoms with Gasteiger partial charge in [-0.2, -0.15) is 26.7 Å². The lowest BCUT2D eigenvalue weighted by molar-refractivity contribution is -0.360. The van der Waals surface area contributed by atoms with Crippen LogP contribution in [0.2, 0.25) is 0 Å². The first-order valence-electron chi connectivity index (χ1n) is 8.14. The first-order chi connectivity index (χ1) is 12.1. The Kier molecular flexibility index (Phi) is 4.58. The van der Waals surface area contributed by atoms with Crippen LogP contribution in [0.15, 0.2) is 30.3 Å². The van der Waals surface area contributed by atoms with Gasteiger partial charge < -0.3 is 4.74 Å². The Morgan fingerprint density at radius 1 is 1.12 bits per heavy atom. The zero-order valence-corrected chi connectivity index (χ0v) is 14.2. The summed E-state index contributed by atoms with van der Waals surface area (Å²) in [7, 11) is 1.81. The number of halogens is 5. The van der Waals surface area contributed by atoms with Crippen molar-refractivity contribution in [3.63, 3.8) is 0 Å². The van der Waals surface area contributed by atoms with Crippen LogP contribution in [0.4, 0.5) is 22.0 Å². The Bertz CT molecular complexity index is 801. The topological polar surface area (TPSA) is 32.0 Å². The van der Waals surface area contributed by atoms with Crippen LogP contribution in [-0.4, -0.2) is 26.9 Å². The van der Waals surface area contributed by atoms with Gasteiger partial charge >= 0.3 is 12.3 Å². The minimum absolute atomic E-state index is 0.531. The van der Waals surface area contributed by atoms with Crippen molar-refractivity contribution in [1.29, 1.82) is 0 Å². The Labute approximate surface area is 146 Å². The van der Waals surface area contributed by atoms with Crippen molar-refractivity contribution < 1.29 is 26.7 Å². The average Bonchev–Trinajstić information content (AvgIpc) is 2.55. The van der Waals surface area contributed by atoms with E-state index < -0.39 is 18.0 Å². The molecule has 0 saturated carbocycles. The molecule has 0 amide bonds. The lowest BCUT2D eigenvalue weighted by Gasteiger charge is -2.26. The molecule has 0 spiro atoms. The highest BCUT2D eigenvalue weighted by Gasteiger charge is 2.61. The molecule has 1 atom stereocenters. The van der Waals surface area contributed by atoms with Crippen LogP contribution in [0.3, 0.4) is 0 Å². The summed E-state index contributed by atoms with van der Waals surface area (Å²) in [5.74, 6) is 0.913. The van der Waals surface area contributed by atoms with E-state index in [-0.39, 0.29) is 0 Å². The molecule has 0 bridgehead atoms. The van der Waals surface area contributed by atoms with Gasteiger partial charge in [0, 0.05) is 7.05 Å². The van der Waals surface area contributed by atoms with Crippen molar-refractivity contribution >= 4 is 5.57 Å². The van der Waals surface area contributed by atoms with E-state index in [0.717, 1.165) is 42.8 Å². The van der Waals surface area contributed by atoms with E-state index in [4.69, 9.17) is 0 Å². The maximum Gasteiger partial charge on any atom is 0.499 e. The summed E-state index contributed by atoms with van der Waals surface area (Å²) < 4.78 is 67.9. The molecule has 26 heavy (non-hydrogen) atoms. The van der Waals surface area contributed by atoms with Gasteiger partial charge in [-0.05, 0) is 55.0 Å². The second-order valence-electron chi connectivity index (χ2n) is 6.46. The highest BCUT2D eigenvalue weighted by Crippen LogP contribution is 2.37. The SMILES string of the molecule is CC1CC=C(c2nn(-c3ccc(OC(F)(F)C(F)(F)F)cc3)n2C)CC1. The van der Waals surface area contributed by atoms with E-state index >= 15 is 0 Å². The zero-order chi connectivity index (χ0) is 19.1. The first-order valence-corrected chi connectivity index (χ1v) is 8.14. The second-order valence-corrected chi connectivity index (χ2v) is 6.46. The molecule has 1 aliphatic carbocycles. The van der Waals surface area contributed by atoms with Gasteiger partial charge in [-0.3, -0.25) is 0 Å². The van der Waals surface area contributed by atoms with Crippen LogP contribution in [0, 0.1) is 5.92 Å². The number of ether oxygens (including phenoxy) is 1. The van der Waals surface area contributed by atoms with E-state index in [9.17, 15) is 22.0 Å². The molecule has 142 valence electrons. The molecular weight excluding hydrogens is 357 g/mol. The smallest absolute Gasteiger partial charge is 0.426 e. The molecule has 2 aromatic rings. The van der Waals surface area contributed by atoms with Crippen LogP contribution in [0.5, 0.6) is 5.75 Å². The van der Waals surface area contributed by atoms with Gasteiger partial charge in [0.1, 0.15) is 5.75 Å². The van der Waals surface area contributed by atoms with E-state index in [1.807, 2.05) is 11.7 Å². The number of hydrogen-bond acceptors (Lipinski definition) is 2. The van der Waals surface area contributed by atoms with Gasteiger partial charge in [-0.25, -0.2) is 4.68 Å². The number of nitrogens with zero attached hydrogens (tertiary/aromatic N) is 3. The molecule has 0 fully saturated rings. The standard InChI is InChI=1S/C17H18F5N3O/c1-11-3-5-12(6-4-11)15-23-25(24(15)2)13-7-9-14(10-8-13)26-17(21,22)16(18,19)20/h5,7-11H,3-4,6H2,1-2H3.